The monoisotopic (exact) mass is 314 g/mol. The number of hydrogen-bond acceptors (Lipinski definition) is 4. The summed E-state index contributed by atoms with van der Waals surface area (Å²) < 4.78 is 5.38. The molecule has 2 aromatic rings. The molecular formula is C16H18N4O3. The van der Waals surface area contributed by atoms with Crippen LogP contribution in [0.2, 0.25) is 0 Å². The molecule has 3 heterocycles. The number of fused-ring (bicyclic) bond motifs is 1. The molecule has 0 aromatic carbocycles. The number of pyridine rings is 2. The lowest BCUT2D eigenvalue weighted by molar-refractivity contribution is 0.109. The number of anilines is 1. The molecule has 0 spiro atoms. The van der Waals surface area contributed by atoms with Crippen molar-refractivity contribution in [3.05, 3.63) is 57.3 Å². The van der Waals surface area contributed by atoms with Gasteiger partial charge >= 0.3 is 6.03 Å². The third kappa shape index (κ3) is 3.75. The number of aryl methyl sites for hydroxylation is 1. The topological polar surface area (TPSA) is 96.1 Å². The van der Waals surface area contributed by atoms with Gasteiger partial charge in [0.05, 0.1) is 25.1 Å². The van der Waals surface area contributed by atoms with Crippen LogP contribution in [0.5, 0.6) is 0 Å². The average molecular weight is 314 g/mol. The number of nitrogens with one attached hydrogen (secondary N) is 3. The van der Waals surface area contributed by atoms with Crippen molar-refractivity contribution in [3.63, 3.8) is 0 Å². The number of amides is 2. The second-order valence-electron chi connectivity index (χ2n) is 5.47. The molecule has 1 aliphatic heterocycles. The van der Waals surface area contributed by atoms with E-state index in [2.05, 4.69) is 20.6 Å². The first-order valence-electron chi connectivity index (χ1n) is 7.40. The molecule has 7 nitrogen and oxygen atoms in total. The van der Waals surface area contributed by atoms with Crippen molar-refractivity contribution in [2.24, 2.45) is 0 Å². The van der Waals surface area contributed by atoms with E-state index in [0.29, 0.717) is 24.5 Å². The van der Waals surface area contributed by atoms with E-state index in [1.807, 2.05) is 13.0 Å². The molecule has 0 bridgehead atoms. The Kier molecular flexibility index (Phi) is 4.38. The van der Waals surface area contributed by atoms with E-state index >= 15 is 0 Å². The van der Waals surface area contributed by atoms with Crippen molar-refractivity contribution < 1.29 is 9.53 Å². The number of aromatic nitrogens is 2. The van der Waals surface area contributed by atoms with Crippen molar-refractivity contribution >= 4 is 11.7 Å². The number of carbonyl (C=O) groups excluding carboxylic acids is 1. The molecule has 23 heavy (non-hydrogen) atoms. The predicted molar refractivity (Wildman–Crippen MR) is 85.3 cm³/mol. The van der Waals surface area contributed by atoms with Gasteiger partial charge in [0.15, 0.2) is 0 Å². The van der Waals surface area contributed by atoms with Crippen LogP contribution in [0.25, 0.3) is 0 Å². The fourth-order valence-electron chi connectivity index (χ4n) is 2.44. The van der Waals surface area contributed by atoms with Gasteiger partial charge in [0.1, 0.15) is 0 Å². The second-order valence-corrected chi connectivity index (χ2v) is 5.47. The van der Waals surface area contributed by atoms with Crippen LogP contribution in [-0.4, -0.2) is 22.6 Å². The minimum atomic E-state index is -0.385. The summed E-state index contributed by atoms with van der Waals surface area (Å²) in [5.74, 6) is 0. The molecule has 1 aliphatic rings. The Hall–Kier alpha value is -2.67. The van der Waals surface area contributed by atoms with Crippen LogP contribution in [0.4, 0.5) is 10.5 Å². The minimum Gasteiger partial charge on any atom is -0.376 e. The Morgan fingerprint density at radius 1 is 1.43 bits per heavy atom. The van der Waals surface area contributed by atoms with Gasteiger partial charge in [-0.1, -0.05) is 0 Å². The molecule has 7 heteroatoms. The van der Waals surface area contributed by atoms with E-state index in [4.69, 9.17) is 4.74 Å². The van der Waals surface area contributed by atoms with Crippen molar-refractivity contribution in [1.82, 2.24) is 15.3 Å². The quantitative estimate of drug-likeness (QED) is 0.799. The molecule has 0 aliphatic carbocycles. The summed E-state index contributed by atoms with van der Waals surface area (Å²) in [6.45, 7) is 3.22. The number of hydrogen-bond donors (Lipinski definition) is 3. The van der Waals surface area contributed by atoms with Gasteiger partial charge in [0.2, 0.25) is 0 Å². The lowest BCUT2D eigenvalue weighted by Gasteiger charge is -2.16. The third-order valence-corrected chi connectivity index (χ3v) is 3.62. The maximum atomic E-state index is 12.0. The van der Waals surface area contributed by atoms with Crippen LogP contribution in [0, 0.1) is 6.92 Å². The molecule has 2 amide bonds. The Morgan fingerprint density at radius 3 is 3.17 bits per heavy atom. The lowest BCUT2D eigenvalue weighted by Crippen LogP contribution is -2.30. The number of H-pyrrole nitrogens is 1. The second kappa shape index (κ2) is 6.62. The van der Waals surface area contributed by atoms with E-state index in [1.165, 1.54) is 0 Å². The number of nitrogens with zero attached hydrogens (tertiary/aromatic N) is 1. The van der Waals surface area contributed by atoms with Crippen molar-refractivity contribution in [2.45, 2.75) is 26.5 Å². The first-order chi connectivity index (χ1) is 11.1. The van der Waals surface area contributed by atoms with E-state index in [9.17, 15) is 9.59 Å². The highest BCUT2D eigenvalue weighted by Crippen LogP contribution is 2.18. The summed E-state index contributed by atoms with van der Waals surface area (Å²) in [6.07, 6.45) is 4.05. The van der Waals surface area contributed by atoms with Crippen LogP contribution in [0.3, 0.4) is 0 Å². The van der Waals surface area contributed by atoms with Crippen molar-refractivity contribution in [1.29, 1.82) is 0 Å². The zero-order valence-electron chi connectivity index (χ0n) is 12.8. The predicted octanol–water partition coefficient (Wildman–Crippen LogP) is 1.47. The molecule has 0 saturated heterocycles. The minimum absolute atomic E-state index is 0.157. The van der Waals surface area contributed by atoms with Gasteiger partial charge in [-0.3, -0.25) is 9.78 Å². The molecule has 3 rings (SSSR count). The molecule has 0 unspecified atom stereocenters. The van der Waals surface area contributed by atoms with Crippen LogP contribution < -0.4 is 16.2 Å². The smallest absolute Gasteiger partial charge is 0.319 e. The Labute approximate surface area is 133 Å². The number of carbonyl (C=O) groups is 1. The summed E-state index contributed by atoms with van der Waals surface area (Å²) in [6, 6.07) is 3.22. The SMILES string of the molecule is Cc1c[nH]c(=O)c(CNC(=O)Nc2cnc3c(c2)COCC3)c1. The Morgan fingerprint density at radius 2 is 2.30 bits per heavy atom. The summed E-state index contributed by atoms with van der Waals surface area (Å²) >= 11 is 0. The molecule has 3 N–H and O–H groups in total. The Balaban J connectivity index is 1.61. The largest absolute Gasteiger partial charge is 0.376 e. The maximum absolute atomic E-state index is 12.0. The van der Waals surface area contributed by atoms with Crippen LogP contribution in [0.15, 0.2) is 29.3 Å². The van der Waals surface area contributed by atoms with Gasteiger partial charge in [0, 0.05) is 36.0 Å². The van der Waals surface area contributed by atoms with E-state index in [-0.39, 0.29) is 18.1 Å². The molecule has 0 radical (unpaired) electrons. The fourth-order valence-corrected chi connectivity index (χ4v) is 2.44. The standard InChI is InChI=1S/C16H18N4O3/c1-10-4-11(15(21)18-6-10)7-19-16(22)20-13-5-12-9-23-3-2-14(12)17-8-13/h4-6,8H,2-3,7,9H2,1H3,(H,18,21)(H2,19,20,22). The highest BCUT2D eigenvalue weighted by Gasteiger charge is 2.12. The summed E-state index contributed by atoms with van der Waals surface area (Å²) in [5.41, 5.74) is 3.84. The normalized spacial score (nSPS) is 13.3. The van der Waals surface area contributed by atoms with Crippen molar-refractivity contribution in [3.8, 4) is 0 Å². The number of urea groups is 1. The summed E-state index contributed by atoms with van der Waals surface area (Å²) in [5, 5.41) is 5.38. The average Bonchev–Trinajstić information content (AvgIpc) is 2.55. The molecular weight excluding hydrogens is 296 g/mol. The van der Waals surface area contributed by atoms with Gasteiger partial charge in [-0.25, -0.2) is 4.79 Å². The van der Waals surface area contributed by atoms with Crippen LogP contribution >= 0.6 is 0 Å². The molecule has 0 fully saturated rings. The third-order valence-electron chi connectivity index (χ3n) is 3.62. The van der Waals surface area contributed by atoms with Gasteiger partial charge in [-0.2, -0.15) is 0 Å². The molecule has 0 saturated carbocycles. The van der Waals surface area contributed by atoms with Crippen LogP contribution in [-0.2, 0) is 24.3 Å². The van der Waals surface area contributed by atoms with Crippen molar-refractivity contribution in [2.75, 3.05) is 11.9 Å². The number of aromatic amines is 1. The number of rotatable bonds is 3. The zero-order valence-corrected chi connectivity index (χ0v) is 12.8. The molecule has 0 atom stereocenters. The van der Waals surface area contributed by atoms with E-state index < -0.39 is 0 Å². The van der Waals surface area contributed by atoms with Gasteiger partial charge in [-0.15, -0.1) is 0 Å². The highest BCUT2D eigenvalue weighted by molar-refractivity contribution is 5.89. The fraction of sp³-hybridized carbons (Fsp3) is 0.312. The Bertz CT molecular complexity index is 785. The van der Waals surface area contributed by atoms with Gasteiger partial charge in [0.25, 0.3) is 5.56 Å². The zero-order chi connectivity index (χ0) is 16.2. The van der Waals surface area contributed by atoms with Gasteiger partial charge in [-0.05, 0) is 24.6 Å². The summed E-state index contributed by atoms with van der Waals surface area (Å²) in [4.78, 5) is 30.6. The maximum Gasteiger partial charge on any atom is 0.319 e. The lowest BCUT2D eigenvalue weighted by atomic mass is 10.1. The molecule has 120 valence electrons. The van der Waals surface area contributed by atoms with Crippen LogP contribution in [0.1, 0.15) is 22.4 Å². The van der Waals surface area contributed by atoms with Gasteiger partial charge < -0.3 is 20.4 Å². The first kappa shape index (κ1) is 15.2. The van der Waals surface area contributed by atoms with E-state index in [0.717, 1.165) is 23.2 Å². The molecule has 2 aromatic heterocycles. The summed E-state index contributed by atoms with van der Waals surface area (Å²) in [7, 11) is 0. The first-order valence-corrected chi connectivity index (χ1v) is 7.40. The highest BCUT2D eigenvalue weighted by atomic mass is 16.5. The number of ether oxygens (including phenoxy) is 1. The van der Waals surface area contributed by atoms with E-state index in [1.54, 1.807) is 18.5 Å².